The molecule has 1 fully saturated rings. The van der Waals surface area contributed by atoms with Crippen LogP contribution in [0.15, 0.2) is 24.3 Å². The Hall–Kier alpha value is -2.08. The van der Waals surface area contributed by atoms with Crippen molar-refractivity contribution in [3.63, 3.8) is 0 Å². The first-order valence-corrected chi connectivity index (χ1v) is 7.34. The second-order valence-electron chi connectivity index (χ2n) is 5.68. The lowest BCUT2D eigenvalue weighted by Gasteiger charge is -2.30. The summed E-state index contributed by atoms with van der Waals surface area (Å²) in [5.74, 6) is -0.0851. The van der Waals surface area contributed by atoms with Gasteiger partial charge in [0.1, 0.15) is 5.75 Å². The van der Waals surface area contributed by atoms with E-state index in [2.05, 4.69) is 13.8 Å². The molecule has 0 bridgehead atoms. The number of hydrogen-bond donors (Lipinski definition) is 1. The average molecular weight is 307 g/mol. The van der Waals surface area contributed by atoms with E-state index in [-0.39, 0.29) is 19.1 Å². The number of aliphatic carboxylic acids is 1. The Bertz CT molecular complexity index is 526. The number of amides is 1. The van der Waals surface area contributed by atoms with Crippen molar-refractivity contribution in [3.05, 3.63) is 29.8 Å². The maximum absolute atomic E-state index is 12.4. The lowest BCUT2D eigenvalue weighted by molar-refractivity contribution is -0.154. The van der Waals surface area contributed by atoms with Crippen LogP contribution < -0.4 is 4.74 Å². The molecule has 1 unspecified atom stereocenters. The summed E-state index contributed by atoms with van der Waals surface area (Å²) in [6.45, 7) is 5.45. The maximum atomic E-state index is 12.4. The van der Waals surface area contributed by atoms with Crippen molar-refractivity contribution in [2.45, 2.75) is 20.0 Å². The highest BCUT2D eigenvalue weighted by Gasteiger charge is 2.29. The summed E-state index contributed by atoms with van der Waals surface area (Å²) in [5, 5.41) is 8.97. The molecule has 6 heteroatoms. The molecular weight excluding hydrogens is 286 g/mol. The van der Waals surface area contributed by atoms with E-state index < -0.39 is 12.1 Å². The van der Waals surface area contributed by atoms with Gasteiger partial charge in [0.15, 0.2) is 6.10 Å². The van der Waals surface area contributed by atoms with Gasteiger partial charge in [-0.05, 0) is 30.2 Å². The molecule has 2 rings (SSSR count). The summed E-state index contributed by atoms with van der Waals surface area (Å²) >= 11 is 0. The third-order valence-electron chi connectivity index (χ3n) is 3.31. The van der Waals surface area contributed by atoms with Crippen molar-refractivity contribution in [1.29, 1.82) is 0 Å². The van der Waals surface area contributed by atoms with Crippen LogP contribution in [-0.2, 0) is 9.53 Å². The molecule has 0 spiro atoms. The highest BCUT2D eigenvalue weighted by molar-refractivity contribution is 5.94. The SMILES string of the molecule is CC(C)COc1ccc(C(=O)N2CCOC(C(=O)O)C2)cc1. The maximum Gasteiger partial charge on any atom is 0.334 e. The van der Waals surface area contributed by atoms with E-state index in [0.29, 0.717) is 24.6 Å². The molecule has 0 aliphatic carbocycles. The van der Waals surface area contributed by atoms with E-state index in [1.807, 2.05) is 0 Å². The Kier molecular flexibility index (Phi) is 5.38. The first-order chi connectivity index (χ1) is 10.5. The number of carboxylic acids is 1. The lowest BCUT2D eigenvalue weighted by atomic mass is 10.1. The van der Waals surface area contributed by atoms with E-state index in [1.54, 1.807) is 24.3 Å². The molecule has 1 aromatic carbocycles. The van der Waals surface area contributed by atoms with Crippen molar-refractivity contribution >= 4 is 11.9 Å². The molecule has 1 heterocycles. The molecule has 1 saturated heterocycles. The van der Waals surface area contributed by atoms with Gasteiger partial charge in [0.05, 0.1) is 19.8 Å². The molecule has 0 saturated carbocycles. The van der Waals surface area contributed by atoms with Crippen LogP contribution in [0.3, 0.4) is 0 Å². The largest absolute Gasteiger partial charge is 0.493 e. The Morgan fingerprint density at radius 2 is 2.05 bits per heavy atom. The Labute approximate surface area is 129 Å². The standard InChI is InChI=1S/C16H21NO5/c1-11(2)10-22-13-5-3-12(4-6-13)15(18)17-7-8-21-14(9-17)16(19)20/h3-6,11,14H,7-10H2,1-2H3,(H,19,20). The van der Waals surface area contributed by atoms with Gasteiger partial charge >= 0.3 is 5.97 Å². The van der Waals surface area contributed by atoms with Crippen molar-refractivity contribution in [2.24, 2.45) is 5.92 Å². The van der Waals surface area contributed by atoms with Crippen molar-refractivity contribution < 1.29 is 24.2 Å². The first kappa shape index (κ1) is 16.3. The normalized spacial score (nSPS) is 18.3. The van der Waals surface area contributed by atoms with E-state index in [1.165, 1.54) is 4.90 Å². The van der Waals surface area contributed by atoms with Gasteiger partial charge in [0.25, 0.3) is 5.91 Å². The Balaban J connectivity index is 1.98. The fraction of sp³-hybridized carbons (Fsp3) is 0.500. The van der Waals surface area contributed by atoms with Gasteiger partial charge in [-0.25, -0.2) is 4.79 Å². The second-order valence-corrected chi connectivity index (χ2v) is 5.68. The number of ether oxygens (including phenoxy) is 2. The van der Waals surface area contributed by atoms with Gasteiger partial charge in [0, 0.05) is 12.1 Å². The fourth-order valence-corrected chi connectivity index (χ4v) is 2.12. The van der Waals surface area contributed by atoms with Crippen LogP contribution in [0.2, 0.25) is 0 Å². The molecule has 6 nitrogen and oxygen atoms in total. The summed E-state index contributed by atoms with van der Waals surface area (Å²) in [6.07, 6.45) is -0.952. The number of carbonyl (C=O) groups is 2. The highest BCUT2D eigenvalue weighted by atomic mass is 16.5. The second kappa shape index (κ2) is 7.26. The first-order valence-electron chi connectivity index (χ1n) is 7.34. The van der Waals surface area contributed by atoms with Crippen molar-refractivity contribution in [3.8, 4) is 5.75 Å². The van der Waals surface area contributed by atoms with E-state index >= 15 is 0 Å². The monoisotopic (exact) mass is 307 g/mol. The van der Waals surface area contributed by atoms with Crippen LogP contribution in [0.1, 0.15) is 24.2 Å². The molecule has 22 heavy (non-hydrogen) atoms. The summed E-state index contributed by atoms with van der Waals surface area (Å²) in [7, 11) is 0. The summed E-state index contributed by atoms with van der Waals surface area (Å²) < 4.78 is 10.7. The molecular formula is C16H21NO5. The van der Waals surface area contributed by atoms with E-state index in [9.17, 15) is 9.59 Å². The topological polar surface area (TPSA) is 76.1 Å². The summed E-state index contributed by atoms with van der Waals surface area (Å²) in [4.78, 5) is 24.8. The number of rotatable bonds is 5. The van der Waals surface area contributed by atoms with E-state index in [0.717, 1.165) is 5.75 Å². The smallest absolute Gasteiger partial charge is 0.334 e. The van der Waals surface area contributed by atoms with Gasteiger partial charge in [-0.3, -0.25) is 4.79 Å². The number of morpholine rings is 1. The van der Waals surface area contributed by atoms with Gasteiger partial charge in [-0.2, -0.15) is 0 Å². The molecule has 120 valence electrons. The predicted molar refractivity (Wildman–Crippen MR) is 80.1 cm³/mol. The zero-order chi connectivity index (χ0) is 16.1. The van der Waals surface area contributed by atoms with Gasteiger partial charge in [-0.15, -0.1) is 0 Å². The Morgan fingerprint density at radius 3 is 2.64 bits per heavy atom. The quantitative estimate of drug-likeness (QED) is 0.895. The third-order valence-corrected chi connectivity index (χ3v) is 3.31. The molecule has 0 aromatic heterocycles. The van der Waals surface area contributed by atoms with Crippen molar-refractivity contribution in [1.82, 2.24) is 4.90 Å². The lowest BCUT2D eigenvalue weighted by Crippen LogP contribution is -2.48. The minimum Gasteiger partial charge on any atom is -0.493 e. The number of benzene rings is 1. The predicted octanol–water partition coefficient (Wildman–Crippen LogP) is 1.65. The molecule has 1 aliphatic heterocycles. The van der Waals surface area contributed by atoms with Gasteiger partial charge < -0.3 is 19.5 Å². The number of carbonyl (C=O) groups excluding carboxylic acids is 1. The minimum atomic E-state index is -1.05. The van der Waals surface area contributed by atoms with Crippen LogP contribution in [-0.4, -0.2) is 54.3 Å². The van der Waals surface area contributed by atoms with Crippen LogP contribution in [0.25, 0.3) is 0 Å². The van der Waals surface area contributed by atoms with Crippen molar-refractivity contribution in [2.75, 3.05) is 26.3 Å². The highest BCUT2D eigenvalue weighted by Crippen LogP contribution is 2.16. The summed E-state index contributed by atoms with van der Waals surface area (Å²) in [6, 6.07) is 6.90. The average Bonchev–Trinajstić information content (AvgIpc) is 2.53. The third kappa shape index (κ3) is 4.21. The fourth-order valence-electron chi connectivity index (χ4n) is 2.12. The Morgan fingerprint density at radius 1 is 1.36 bits per heavy atom. The molecule has 1 N–H and O–H groups in total. The van der Waals surface area contributed by atoms with Gasteiger partial charge in [-0.1, -0.05) is 13.8 Å². The number of nitrogens with zero attached hydrogens (tertiary/aromatic N) is 1. The molecule has 0 radical (unpaired) electrons. The molecule has 1 aliphatic rings. The van der Waals surface area contributed by atoms with Crippen LogP contribution in [0, 0.1) is 5.92 Å². The minimum absolute atomic E-state index is 0.0692. The van der Waals surface area contributed by atoms with Crippen LogP contribution in [0.4, 0.5) is 0 Å². The van der Waals surface area contributed by atoms with E-state index in [4.69, 9.17) is 14.6 Å². The molecule has 1 amide bonds. The van der Waals surface area contributed by atoms with Gasteiger partial charge in [0.2, 0.25) is 0 Å². The molecule has 1 atom stereocenters. The zero-order valence-electron chi connectivity index (χ0n) is 12.8. The van der Waals surface area contributed by atoms with Crippen LogP contribution >= 0.6 is 0 Å². The molecule has 1 aromatic rings. The van der Waals surface area contributed by atoms with Crippen LogP contribution in [0.5, 0.6) is 5.75 Å². The summed E-state index contributed by atoms with van der Waals surface area (Å²) in [5.41, 5.74) is 0.517. The zero-order valence-corrected chi connectivity index (χ0v) is 12.8. The number of carboxylic acid groups (broad SMARTS) is 1. The number of hydrogen-bond acceptors (Lipinski definition) is 4.